The van der Waals surface area contributed by atoms with Gasteiger partial charge in [-0.05, 0) is 18.2 Å². The van der Waals surface area contributed by atoms with E-state index in [1.54, 1.807) is 0 Å². The fourth-order valence-corrected chi connectivity index (χ4v) is 2.31. The van der Waals surface area contributed by atoms with Crippen molar-refractivity contribution < 1.29 is 79.3 Å². The quantitative estimate of drug-likeness (QED) is 0.295. The van der Waals surface area contributed by atoms with Gasteiger partial charge in [0.2, 0.25) is 5.75 Å². The van der Waals surface area contributed by atoms with Crippen molar-refractivity contribution in [2.45, 2.75) is 4.90 Å². The van der Waals surface area contributed by atoms with Gasteiger partial charge in [-0.1, -0.05) is 0 Å². The van der Waals surface area contributed by atoms with Gasteiger partial charge in [-0.2, -0.15) is 8.42 Å². The predicted octanol–water partition coefficient (Wildman–Crippen LogP) is -1.39. The van der Waals surface area contributed by atoms with Crippen LogP contribution in [0.2, 0.25) is 0 Å². The van der Waals surface area contributed by atoms with Crippen LogP contribution in [0.25, 0.3) is 10.8 Å². The minimum Gasteiger partial charge on any atom is -0.502 e. The summed E-state index contributed by atoms with van der Waals surface area (Å²) in [6, 6.07) is 3.15. The van der Waals surface area contributed by atoms with Gasteiger partial charge in [0.15, 0.2) is 0 Å². The van der Waals surface area contributed by atoms with E-state index >= 15 is 0 Å². The molecule has 0 unspecified atom stereocenters. The van der Waals surface area contributed by atoms with Crippen LogP contribution in [0.3, 0.4) is 0 Å². The SMILES string of the molecule is O=[N+]([O-])c1cc([N+](=O)[O-])c2ccc(S(=O)(=O)O)cc2c1O.[K+]. The number of hydrogen-bond donors (Lipinski definition) is 2. The molecule has 110 valence electrons. The van der Waals surface area contributed by atoms with Gasteiger partial charge in [-0.15, -0.1) is 0 Å². The Morgan fingerprint density at radius 3 is 1.95 bits per heavy atom. The van der Waals surface area contributed by atoms with Gasteiger partial charge in [0.05, 0.1) is 26.2 Å². The van der Waals surface area contributed by atoms with Gasteiger partial charge in [0.25, 0.3) is 15.8 Å². The standard InChI is InChI=1S/C10H6N2O8S.K/c13-10-7-3-5(21(18,19)20)1-2-6(7)8(11(14)15)4-9(10)12(16)17;/h1-4,13H,(H,18,19,20);/q;+1. The van der Waals surface area contributed by atoms with Crippen LogP contribution >= 0.6 is 0 Å². The molecule has 0 aliphatic heterocycles. The van der Waals surface area contributed by atoms with Gasteiger partial charge in [0.1, 0.15) is 0 Å². The summed E-state index contributed by atoms with van der Waals surface area (Å²) in [5.41, 5.74) is -1.61. The van der Waals surface area contributed by atoms with E-state index in [9.17, 15) is 33.8 Å². The van der Waals surface area contributed by atoms with E-state index in [-0.39, 0.29) is 56.8 Å². The van der Waals surface area contributed by atoms with Crippen molar-refractivity contribution in [1.29, 1.82) is 0 Å². The minimum atomic E-state index is -4.63. The molecule has 0 aliphatic carbocycles. The van der Waals surface area contributed by atoms with Crippen molar-refractivity contribution in [2.24, 2.45) is 0 Å². The Labute approximate surface area is 165 Å². The first-order valence-corrected chi connectivity index (χ1v) is 6.63. The molecule has 2 aromatic carbocycles. The molecule has 0 amide bonds. The second kappa shape index (κ2) is 6.53. The second-order valence-electron chi connectivity index (χ2n) is 3.96. The Morgan fingerprint density at radius 2 is 1.50 bits per heavy atom. The minimum absolute atomic E-state index is 0. The molecule has 0 bridgehead atoms. The average Bonchev–Trinajstić information content (AvgIpc) is 2.36. The Balaban J connectivity index is 0.00000242. The van der Waals surface area contributed by atoms with Crippen molar-refractivity contribution >= 4 is 32.3 Å². The summed E-state index contributed by atoms with van der Waals surface area (Å²) in [5, 5.41) is 30.8. The molecule has 0 aromatic heterocycles. The first-order chi connectivity index (χ1) is 9.62. The van der Waals surface area contributed by atoms with E-state index in [0.717, 1.165) is 18.2 Å². The number of phenols is 1. The monoisotopic (exact) mass is 353 g/mol. The van der Waals surface area contributed by atoms with Gasteiger partial charge in [-0.3, -0.25) is 24.8 Å². The third kappa shape index (κ3) is 3.43. The molecular formula is C10H6KN2O8S+. The summed E-state index contributed by atoms with van der Waals surface area (Å²) in [7, 11) is -4.63. The van der Waals surface area contributed by atoms with E-state index in [1.807, 2.05) is 0 Å². The van der Waals surface area contributed by atoms with Crippen molar-refractivity contribution in [3.8, 4) is 5.75 Å². The molecule has 0 atom stereocenters. The van der Waals surface area contributed by atoms with Crippen molar-refractivity contribution in [1.82, 2.24) is 0 Å². The number of aromatic hydroxyl groups is 1. The maximum atomic E-state index is 11.0. The first kappa shape index (κ1) is 18.9. The van der Waals surface area contributed by atoms with E-state index in [0.29, 0.717) is 6.07 Å². The molecule has 22 heavy (non-hydrogen) atoms. The Bertz CT molecular complexity index is 895. The summed E-state index contributed by atoms with van der Waals surface area (Å²) < 4.78 is 31.0. The number of benzene rings is 2. The van der Waals surface area contributed by atoms with Crippen LogP contribution in [-0.4, -0.2) is 27.9 Å². The maximum absolute atomic E-state index is 11.0. The largest absolute Gasteiger partial charge is 1.00 e. The number of rotatable bonds is 3. The molecule has 0 heterocycles. The number of nitro benzene ring substituents is 2. The van der Waals surface area contributed by atoms with Crippen molar-refractivity contribution in [3.63, 3.8) is 0 Å². The van der Waals surface area contributed by atoms with Crippen molar-refractivity contribution in [2.75, 3.05) is 0 Å². The van der Waals surface area contributed by atoms with Crippen molar-refractivity contribution in [3.05, 3.63) is 44.5 Å². The van der Waals surface area contributed by atoms with Crippen LogP contribution in [0.5, 0.6) is 5.75 Å². The molecule has 0 radical (unpaired) electrons. The molecular weight excluding hydrogens is 347 g/mol. The van der Waals surface area contributed by atoms with Gasteiger partial charge in [-0.25, -0.2) is 0 Å². The zero-order valence-electron chi connectivity index (χ0n) is 11.0. The maximum Gasteiger partial charge on any atom is 1.00 e. The van der Waals surface area contributed by atoms with Gasteiger partial charge < -0.3 is 5.11 Å². The number of non-ortho nitro benzene ring substituents is 1. The number of fused-ring (bicyclic) bond motifs is 1. The third-order valence-electron chi connectivity index (χ3n) is 2.73. The fourth-order valence-electron chi connectivity index (χ4n) is 1.81. The van der Waals surface area contributed by atoms with Gasteiger partial charge in [0, 0.05) is 5.39 Å². The Hall–Kier alpha value is -1.15. The number of nitro groups is 2. The fraction of sp³-hybridized carbons (Fsp3) is 0. The summed E-state index contributed by atoms with van der Waals surface area (Å²) in [6.07, 6.45) is 0. The predicted molar refractivity (Wildman–Crippen MR) is 68.7 cm³/mol. The summed E-state index contributed by atoms with van der Waals surface area (Å²) in [4.78, 5) is 19.1. The number of hydrogen-bond acceptors (Lipinski definition) is 7. The third-order valence-corrected chi connectivity index (χ3v) is 3.58. The Morgan fingerprint density at radius 1 is 0.955 bits per heavy atom. The molecule has 0 saturated heterocycles. The zero-order valence-corrected chi connectivity index (χ0v) is 14.9. The molecule has 0 aliphatic rings. The van der Waals surface area contributed by atoms with Crippen LogP contribution in [0, 0.1) is 20.2 Å². The molecule has 10 nitrogen and oxygen atoms in total. The topological polar surface area (TPSA) is 161 Å². The zero-order chi connectivity index (χ0) is 15.9. The smallest absolute Gasteiger partial charge is 0.502 e. The normalized spacial score (nSPS) is 11.0. The number of nitrogens with zero attached hydrogens (tertiary/aromatic N) is 2. The van der Waals surface area contributed by atoms with Crippen LogP contribution in [0.1, 0.15) is 0 Å². The van der Waals surface area contributed by atoms with E-state index in [1.165, 1.54) is 0 Å². The van der Waals surface area contributed by atoms with Crippen LogP contribution < -0.4 is 51.4 Å². The molecule has 0 saturated carbocycles. The summed E-state index contributed by atoms with van der Waals surface area (Å²) in [5.74, 6) is -0.925. The van der Waals surface area contributed by atoms with Crippen LogP contribution in [0.15, 0.2) is 29.2 Å². The molecule has 2 N–H and O–H groups in total. The Kier molecular flexibility index (Phi) is 5.61. The molecule has 0 fully saturated rings. The van der Waals surface area contributed by atoms with Crippen LogP contribution in [0.4, 0.5) is 11.4 Å². The van der Waals surface area contributed by atoms with Gasteiger partial charge >= 0.3 is 57.1 Å². The molecule has 2 rings (SSSR count). The second-order valence-corrected chi connectivity index (χ2v) is 5.38. The first-order valence-electron chi connectivity index (χ1n) is 5.19. The van der Waals surface area contributed by atoms with E-state index in [4.69, 9.17) is 4.55 Å². The molecule has 12 heteroatoms. The summed E-state index contributed by atoms with van der Waals surface area (Å²) in [6.45, 7) is 0. The molecule has 2 aromatic rings. The van der Waals surface area contributed by atoms with Crippen LogP contribution in [-0.2, 0) is 10.1 Å². The average molecular weight is 353 g/mol. The van der Waals surface area contributed by atoms with E-state index in [2.05, 4.69) is 0 Å². The number of phenolic OH excluding ortho intramolecular Hbond substituents is 1. The molecule has 0 spiro atoms. The van der Waals surface area contributed by atoms with E-state index < -0.39 is 47.4 Å². The summed E-state index contributed by atoms with van der Waals surface area (Å²) >= 11 is 0.